The molecule has 0 radical (unpaired) electrons. The molecule has 0 aromatic heterocycles. The highest BCUT2D eigenvalue weighted by Gasteiger charge is 2.27. The van der Waals surface area contributed by atoms with Gasteiger partial charge in [0.1, 0.15) is 0 Å². The Labute approximate surface area is 96.5 Å². The van der Waals surface area contributed by atoms with Crippen LogP contribution in [0.25, 0.3) is 20.9 Å². The van der Waals surface area contributed by atoms with Gasteiger partial charge in [-0.15, -0.1) is 0 Å². The minimum absolute atomic E-state index is 0.164. The van der Waals surface area contributed by atoms with Crippen LogP contribution in [0, 0.1) is 5.92 Å². The Balaban J connectivity index is 2.80. The van der Waals surface area contributed by atoms with Crippen LogP contribution in [0.15, 0.2) is 34.0 Å². The normalized spacial score (nSPS) is 18.8. The van der Waals surface area contributed by atoms with E-state index in [0.717, 1.165) is 0 Å². The van der Waals surface area contributed by atoms with Crippen molar-refractivity contribution in [2.45, 2.75) is 12.5 Å². The summed E-state index contributed by atoms with van der Waals surface area (Å²) in [5, 5.41) is 15.8. The van der Waals surface area contributed by atoms with Crippen molar-refractivity contribution < 1.29 is 9.90 Å². The molecule has 0 bridgehead atoms. The van der Waals surface area contributed by atoms with E-state index in [0.29, 0.717) is 6.42 Å². The van der Waals surface area contributed by atoms with Crippen molar-refractivity contribution >= 4 is 5.97 Å². The molecule has 17 heavy (non-hydrogen) atoms. The largest absolute Gasteiger partial charge is 0.478 e. The van der Waals surface area contributed by atoms with E-state index in [1.54, 1.807) is 12.2 Å². The molecule has 0 saturated carbocycles. The predicted molar refractivity (Wildman–Crippen MR) is 59.9 cm³/mol. The van der Waals surface area contributed by atoms with E-state index in [2.05, 4.69) is 20.1 Å². The van der Waals surface area contributed by atoms with Crippen LogP contribution in [0.5, 0.6) is 0 Å². The quantitative estimate of drug-likeness (QED) is 0.429. The topological polar surface area (TPSA) is 135 Å². The van der Waals surface area contributed by atoms with Crippen LogP contribution in [0.2, 0.25) is 0 Å². The number of aliphatic carboxylic acids is 1. The molecule has 8 heteroatoms. The van der Waals surface area contributed by atoms with Gasteiger partial charge in [0.05, 0.1) is 0 Å². The van der Waals surface area contributed by atoms with Crippen molar-refractivity contribution in [3.8, 4) is 0 Å². The van der Waals surface area contributed by atoms with Crippen molar-refractivity contribution in [2.75, 3.05) is 6.54 Å². The summed E-state index contributed by atoms with van der Waals surface area (Å²) >= 11 is 0. The second kappa shape index (κ2) is 6.22. The Bertz CT molecular complexity index is 456. The highest BCUT2D eigenvalue weighted by molar-refractivity contribution is 5.89. The summed E-state index contributed by atoms with van der Waals surface area (Å²) in [4.78, 5) is 16.2. The zero-order valence-corrected chi connectivity index (χ0v) is 8.84. The minimum atomic E-state index is -1.04. The summed E-state index contributed by atoms with van der Waals surface area (Å²) in [5.41, 5.74) is 16.8. The fourth-order valence-corrected chi connectivity index (χ4v) is 1.65. The van der Waals surface area contributed by atoms with Gasteiger partial charge in [-0.05, 0) is 17.5 Å². The fraction of sp³-hybridized carbons (Fsp3) is 0.444. The first-order valence-electron chi connectivity index (χ1n) is 4.87. The number of allylic oxidation sites excluding steroid dienone is 2. The SMILES string of the molecule is [N-]=[N+]=NCCC(N=[N+]=[N-])C1C=CC=C1C(=O)O. The maximum atomic E-state index is 10.9. The molecule has 1 N–H and O–H groups in total. The van der Waals surface area contributed by atoms with Crippen molar-refractivity contribution in [1.82, 2.24) is 0 Å². The average Bonchev–Trinajstić information content (AvgIpc) is 2.77. The summed E-state index contributed by atoms with van der Waals surface area (Å²) in [7, 11) is 0. The van der Waals surface area contributed by atoms with Crippen LogP contribution in [-0.4, -0.2) is 23.7 Å². The molecule has 8 nitrogen and oxygen atoms in total. The van der Waals surface area contributed by atoms with E-state index in [4.69, 9.17) is 16.2 Å². The summed E-state index contributed by atoms with van der Waals surface area (Å²) in [6, 6.07) is -0.549. The van der Waals surface area contributed by atoms with E-state index < -0.39 is 17.9 Å². The Morgan fingerprint density at radius 2 is 2.29 bits per heavy atom. The van der Waals surface area contributed by atoms with Crippen molar-refractivity contribution in [3.63, 3.8) is 0 Å². The van der Waals surface area contributed by atoms with E-state index in [1.807, 2.05) is 0 Å². The van der Waals surface area contributed by atoms with Gasteiger partial charge in [0.25, 0.3) is 0 Å². The summed E-state index contributed by atoms with van der Waals surface area (Å²) < 4.78 is 0. The van der Waals surface area contributed by atoms with E-state index in [1.165, 1.54) is 6.08 Å². The van der Waals surface area contributed by atoms with Crippen molar-refractivity contribution in [1.29, 1.82) is 0 Å². The van der Waals surface area contributed by atoms with E-state index >= 15 is 0 Å². The number of rotatable bonds is 6. The highest BCUT2D eigenvalue weighted by Crippen LogP contribution is 2.27. The molecule has 1 rings (SSSR count). The molecule has 0 saturated heterocycles. The smallest absolute Gasteiger partial charge is 0.332 e. The average molecular weight is 234 g/mol. The van der Waals surface area contributed by atoms with Crippen LogP contribution < -0.4 is 0 Å². The molecule has 0 aromatic rings. The Hall–Kier alpha value is -2.43. The van der Waals surface area contributed by atoms with E-state index in [9.17, 15) is 4.79 Å². The Kier molecular flexibility index (Phi) is 4.62. The van der Waals surface area contributed by atoms with Gasteiger partial charge in [0.15, 0.2) is 0 Å². The van der Waals surface area contributed by atoms with Gasteiger partial charge in [-0.2, -0.15) is 0 Å². The van der Waals surface area contributed by atoms with E-state index in [-0.39, 0.29) is 12.1 Å². The second-order valence-electron chi connectivity index (χ2n) is 3.35. The highest BCUT2D eigenvalue weighted by atomic mass is 16.4. The lowest BCUT2D eigenvalue weighted by molar-refractivity contribution is -0.133. The first-order chi connectivity index (χ1) is 8.20. The number of carboxylic acids is 1. The lowest BCUT2D eigenvalue weighted by Crippen LogP contribution is -2.22. The molecule has 0 amide bonds. The molecular formula is C9H10N6O2. The monoisotopic (exact) mass is 234 g/mol. The lowest BCUT2D eigenvalue weighted by Gasteiger charge is -2.17. The molecule has 2 atom stereocenters. The molecule has 0 fully saturated rings. The number of carbonyl (C=O) groups is 1. The second-order valence-corrected chi connectivity index (χ2v) is 3.35. The van der Waals surface area contributed by atoms with Gasteiger partial charge in [-0.25, -0.2) is 4.79 Å². The number of nitrogens with zero attached hydrogens (tertiary/aromatic N) is 6. The predicted octanol–water partition coefficient (Wildman–Crippen LogP) is 2.56. The molecular weight excluding hydrogens is 224 g/mol. The number of carboxylic acid groups (broad SMARTS) is 1. The molecule has 2 unspecified atom stereocenters. The number of azide groups is 2. The standard InChI is InChI=1S/C9H10N6O2/c10-14-12-5-4-8(13-15-11)6-2-1-3-7(6)9(16)17/h1-3,6,8H,4-5H2,(H,16,17). The zero-order chi connectivity index (χ0) is 12.7. The lowest BCUT2D eigenvalue weighted by atomic mass is 9.92. The van der Waals surface area contributed by atoms with Crippen LogP contribution >= 0.6 is 0 Å². The van der Waals surface area contributed by atoms with Gasteiger partial charge in [0.2, 0.25) is 0 Å². The molecule has 0 heterocycles. The van der Waals surface area contributed by atoms with Crippen LogP contribution in [-0.2, 0) is 4.79 Å². The molecule has 0 aromatic carbocycles. The molecule has 0 spiro atoms. The van der Waals surface area contributed by atoms with Gasteiger partial charge in [-0.1, -0.05) is 28.5 Å². The minimum Gasteiger partial charge on any atom is -0.478 e. The van der Waals surface area contributed by atoms with Crippen LogP contribution in [0.3, 0.4) is 0 Å². The number of hydrogen-bond acceptors (Lipinski definition) is 3. The molecule has 88 valence electrons. The fourth-order valence-electron chi connectivity index (χ4n) is 1.65. The third-order valence-electron chi connectivity index (χ3n) is 2.40. The van der Waals surface area contributed by atoms with Crippen molar-refractivity contribution in [3.05, 3.63) is 44.7 Å². The summed E-state index contributed by atoms with van der Waals surface area (Å²) in [5.74, 6) is -1.50. The molecule has 1 aliphatic carbocycles. The Morgan fingerprint density at radius 1 is 1.53 bits per heavy atom. The molecule has 0 aliphatic heterocycles. The van der Waals surface area contributed by atoms with Crippen LogP contribution in [0.4, 0.5) is 0 Å². The Morgan fingerprint density at radius 3 is 2.88 bits per heavy atom. The zero-order valence-electron chi connectivity index (χ0n) is 8.84. The number of hydrogen-bond donors (Lipinski definition) is 1. The van der Waals surface area contributed by atoms with Crippen molar-refractivity contribution in [2.24, 2.45) is 16.1 Å². The third-order valence-corrected chi connectivity index (χ3v) is 2.40. The maximum absolute atomic E-state index is 10.9. The first-order valence-corrected chi connectivity index (χ1v) is 4.87. The van der Waals surface area contributed by atoms with Gasteiger partial charge >= 0.3 is 5.97 Å². The third kappa shape index (κ3) is 3.27. The van der Waals surface area contributed by atoms with Gasteiger partial charge in [-0.3, -0.25) is 0 Å². The van der Waals surface area contributed by atoms with Gasteiger partial charge < -0.3 is 5.11 Å². The maximum Gasteiger partial charge on any atom is 0.332 e. The first kappa shape index (κ1) is 12.6. The summed E-state index contributed by atoms with van der Waals surface area (Å²) in [6.07, 6.45) is 5.06. The summed E-state index contributed by atoms with van der Waals surface area (Å²) in [6.45, 7) is 0.164. The van der Waals surface area contributed by atoms with Gasteiger partial charge in [0, 0.05) is 33.9 Å². The molecule has 1 aliphatic rings. The van der Waals surface area contributed by atoms with Crippen LogP contribution in [0.1, 0.15) is 6.42 Å².